The molecule has 1 aliphatic heterocycles. The quantitative estimate of drug-likeness (QED) is 0.770. The van der Waals surface area contributed by atoms with Gasteiger partial charge < -0.3 is 4.90 Å². The molecule has 25 heavy (non-hydrogen) atoms. The lowest BCUT2D eigenvalue weighted by Gasteiger charge is -2.38. The molecule has 0 N–H and O–H groups in total. The van der Waals surface area contributed by atoms with Gasteiger partial charge in [-0.3, -0.25) is 4.79 Å². The van der Waals surface area contributed by atoms with Crippen molar-refractivity contribution in [1.82, 2.24) is 4.90 Å². The van der Waals surface area contributed by atoms with E-state index >= 15 is 0 Å². The number of aryl methyl sites for hydroxylation is 2. The normalized spacial score (nSPS) is 15.0. The van der Waals surface area contributed by atoms with Gasteiger partial charge in [-0.2, -0.15) is 0 Å². The Labute approximate surface area is 147 Å². The summed E-state index contributed by atoms with van der Waals surface area (Å²) in [5, 5.41) is -0.611. The van der Waals surface area contributed by atoms with E-state index in [1.54, 1.807) is 4.90 Å². The zero-order valence-corrected chi connectivity index (χ0v) is 14.8. The van der Waals surface area contributed by atoms with Gasteiger partial charge in [-0.05, 0) is 48.7 Å². The molecule has 0 radical (unpaired) electrons. The molecular weight excluding hydrogens is 341 g/mol. The van der Waals surface area contributed by atoms with E-state index in [9.17, 15) is 17.6 Å². The number of nitrogens with zero attached hydrogens (tertiary/aromatic N) is 1. The number of benzene rings is 2. The van der Waals surface area contributed by atoms with Crippen LogP contribution in [0.15, 0.2) is 53.4 Å². The first-order valence-corrected chi connectivity index (χ1v) is 9.74. The zero-order chi connectivity index (χ0) is 18.0. The SMILES string of the molecule is Cc1ccccc1CCC(=O)N1CC(S(=O)(=O)c2ccc(F)cc2)C1. The number of rotatable bonds is 5. The molecule has 0 spiro atoms. The Hall–Kier alpha value is -2.21. The molecule has 0 atom stereocenters. The molecule has 0 saturated carbocycles. The van der Waals surface area contributed by atoms with E-state index in [0.29, 0.717) is 12.8 Å². The van der Waals surface area contributed by atoms with Crippen LogP contribution in [0, 0.1) is 12.7 Å². The van der Waals surface area contributed by atoms with Crippen LogP contribution in [-0.4, -0.2) is 37.6 Å². The van der Waals surface area contributed by atoms with E-state index in [2.05, 4.69) is 0 Å². The van der Waals surface area contributed by atoms with Crippen molar-refractivity contribution in [3.63, 3.8) is 0 Å². The molecule has 0 unspecified atom stereocenters. The van der Waals surface area contributed by atoms with Gasteiger partial charge >= 0.3 is 0 Å². The Morgan fingerprint density at radius 3 is 2.40 bits per heavy atom. The van der Waals surface area contributed by atoms with E-state index in [1.807, 2.05) is 31.2 Å². The Balaban J connectivity index is 1.55. The van der Waals surface area contributed by atoms with Gasteiger partial charge in [-0.15, -0.1) is 0 Å². The van der Waals surface area contributed by atoms with E-state index in [-0.39, 0.29) is 23.9 Å². The molecule has 2 aromatic carbocycles. The van der Waals surface area contributed by atoms with E-state index in [1.165, 1.54) is 12.1 Å². The van der Waals surface area contributed by atoms with Crippen molar-refractivity contribution in [2.45, 2.75) is 29.9 Å². The summed E-state index contributed by atoms with van der Waals surface area (Å²) in [7, 11) is -3.52. The maximum absolute atomic E-state index is 12.9. The van der Waals surface area contributed by atoms with Gasteiger partial charge in [0.15, 0.2) is 9.84 Å². The topological polar surface area (TPSA) is 54.5 Å². The molecule has 1 fully saturated rings. The predicted octanol–water partition coefficient (Wildman–Crippen LogP) is 2.75. The average Bonchev–Trinajstić information content (AvgIpc) is 2.53. The first kappa shape index (κ1) is 17.6. The number of carbonyl (C=O) groups is 1. The van der Waals surface area contributed by atoms with Gasteiger partial charge in [0.2, 0.25) is 5.91 Å². The van der Waals surface area contributed by atoms with Crippen LogP contribution in [0.4, 0.5) is 4.39 Å². The standard InChI is InChI=1S/C19H20FNO3S/c1-14-4-2-3-5-15(14)6-11-19(22)21-12-18(13-21)25(23,24)17-9-7-16(20)8-10-17/h2-5,7-10,18H,6,11-13H2,1H3. The lowest BCUT2D eigenvalue weighted by atomic mass is 10.0. The average molecular weight is 361 g/mol. The van der Waals surface area contributed by atoms with Crippen LogP contribution >= 0.6 is 0 Å². The molecule has 0 aromatic heterocycles. The number of hydrogen-bond acceptors (Lipinski definition) is 3. The highest BCUT2D eigenvalue weighted by molar-refractivity contribution is 7.92. The summed E-state index contributed by atoms with van der Waals surface area (Å²) in [6, 6.07) is 12.7. The van der Waals surface area contributed by atoms with E-state index < -0.39 is 20.9 Å². The maximum Gasteiger partial charge on any atom is 0.222 e. The number of amides is 1. The van der Waals surface area contributed by atoms with E-state index in [4.69, 9.17) is 0 Å². The highest BCUT2D eigenvalue weighted by Gasteiger charge is 2.40. The third-order valence-electron chi connectivity index (χ3n) is 4.65. The van der Waals surface area contributed by atoms with Gasteiger partial charge in [-0.25, -0.2) is 12.8 Å². The third kappa shape index (κ3) is 3.74. The molecule has 1 amide bonds. The van der Waals surface area contributed by atoms with Gasteiger partial charge in [0.25, 0.3) is 0 Å². The second-order valence-electron chi connectivity index (χ2n) is 6.35. The van der Waals surface area contributed by atoms with Crippen LogP contribution in [0.1, 0.15) is 17.5 Å². The maximum atomic E-state index is 12.9. The van der Waals surface area contributed by atoms with Gasteiger partial charge in [0.1, 0.15) is 11.1 Å². The van der Waals surface area contributed by atoms with Crippen molar-refractivity contribution < 1.29 is 17.6 Å². The summed E-state index contributed by atoms with van der Waals surface area (Å²) in [4.78, 5) is 13.9. The van der Waals surface area contributed by atoms with Crippen molar-refractivity contribution in [2.75, 3.05) is 13.1 Å². The number of hydrogen-bond donors (Lipinski definition) is 0. The molecule has 6 heteroatoms. The summed E-state index contributed by atoms with van der Waals surface area (Å²) < 4.78 is 37.9. The lowest BCUT2D eigenvalue weighted by Crippen LogP contribution is -2.56. The fourth-order valence-corrected chi connectivity index (χ4v) is 4.60. The predicted molar refractivity (Wildman–Crippen MR) is 93.5 cm³/mol. The Kier molecular flexibility index (Phi) is 4.90. The highest BCUT2D eigenvalue weighted by Crippen LogP contribution is 2.25. The summed E-state index contributed by atoms with van der Waals surface area (Å²) in [5.41, 5.74) is 2.28. The highest BCUT2D eigenvalue weighted by atomic mass is 32.2. The molecule has 132 valence electrons. The molecule has 2 aromatic rings. The minimum atomic E-state index is -3.52. The fourth-order valence-electron chi connectivity index (χ4n) is 2.95. The second-order valence-corrected chi connectivity index (χ2v) is 8.57. The van der Waals surface area contributed by atoms with Crippen molar-refractivity contribution >= 4 is 15.7 Å². The summed E-state index contributed by atoms with van der Waals surface area (Å²) in [5.74, 6) is -0.505. The first-order valence-electron chi connectivity index (χ1n) is 8.19. The van der Waals surface area contributed by atoms with Crippen molar-refractivity contribution in [3.8, 4) is 0 Å². The first-order chi connectivity index (χ1) is 11.9. The van der Waals surface area contributed by atoms with Crippen molar-refractivity contribution in [1.29, 1.82) is 0 Å². The van der Waals surface area contributed by atoms with E-state index in [0.717, 1.165) is 23.3 Å². The summed E-state index contributed by atoms with van der Waals surface area (Å²) in [6.45, 7) is 2.41. The van der Waals surface area contributed by atoms with Crippen LogP contribution < -0.4 is 0 Å². The second kappa shape index (κ2) is 6.96. The molecule has 0 bridgehead atoms. The molecule has 3 rings (SSSR count). The van der Waals surface area contributed by atoms with Crippen LogP contribution in [0.2, 0.25) is 0 Å². The molecule has 4 nitrogen and oxygen atoms in total. The van der Waals surface area contributed by atoms with Crippen molar-refractivity contribution in [3.05, 3.63) is 65.5 Å². The molecule has 1 saturated heterocycles. The molecular formula is C19H20FNO3S. The largest absolute Gasteiger partial charge is 0.340 e. The van der Waals surface area contributed by atoms with Crippen LogP contribution in [-0.2, 0) is 21.1 Å². The monoisotopic (exact) mass is 361 g/mol. The molecule has 1 heterocycles. The number of sulfone groups is 1. The summed E-state index contributed by atoms with van der Waals surface area (Å²) in [6.07, 6.45) is 1.02. The van der Waals surface area contributed by atoms with Crippen LogP contribution in [0.25, 0.3) is 0 Å². The minimum Gasteiger partial charge on any atom is -0.340 e. The van der Waals surface area contributed by atoms with Crippen LogP contribution in [0.3, 0.4) is 0 Å². The van der Waals surface area contributed by atoms with Gasteiger partial charge in [0, 0.05) is 19.5 Å². The zero-order valence-electron chi connectivity index (χ0n) is 14.0. The van der Waals surface area contributed by atoms with Gasteiger partial charge in [-0.1, -0.05) is 24.3 Å². The van der Waals surface area contributed by atoms with Crippen LogP contribution in [0.5, 0.6) is 0 Å². The Morgan fingerprint density at radius 2 is 1.76 bits per heavy atom. The third-order valence-corrected chi connectivity index (χ3v) is 6.76. The molecule has 1 aliphatic rings. The lowest BCUT2D eigenvalue weighted by molar-refractivity contribution is -0.134. The number of carbonyl (C=O) groups excluding carboxylic acids is 1. The molecule has 0 aliphatic carbocycles. The minimum absolute atomic E-state index is 0.0335. The Morgan fingerprint density at radius 1 is 1.12 bits per heavy atom. The smallest absolute Gasteiger partial charge is 0.222 e. The summed E-state index contributed by atoms with van der Waals surface area (Å²) >= 11 is 0. The number of likely N-dealkylation sites (tertiary alicyclic amines) is 1. The van der Waals surface area contributed by atoms with Crippen molar-refractivity contribution in [2.24, 2.45) is 0 Å². The number of halogens is 1. The van der Waals surface area contributed by atoms with Gasteiger partial charge in [0.05, 0.1) is 4.90 Å². The fraction of sp³-hybridized carbons (Fsp3) is 0.316. The Bertz CT molecular complexity index is 872.